The van der Waals surface area contributed by atoms with E-state index in [1.807, 2.05) is 0 Å². The number of anilines is 3. The fourth-order valence-corrected chi connectivity index (χ4v) is 12.0. The van der Waals surface area contributed by atoms with Gasteiger partial charge in [-0.2, -0.15) is 0 Å². The number of nitrogens with zero attached hydrogens (tertiary/aromatic N) is 2. The molecule has 2 heteroatoms. The van der Waals surface area contributed by atoms with Crippen molar-refractivity contribution in [2.45, 2.75) is 43.7 Å². The highest BCUT2D eigenvalue weighted by Crippen LogP contribution is 2.46. The molecule has 4 aliphatic carbocycles. The Bertz CT molecular complexity index is 3600. The molecule has 2 nitrogen and oxygen atoms in total. The highest BCUT2D eigenvalue weighted by atomic mass is 15.2. The van der Waals surface area contributed by atoms with Crippen molar-refractivity contribution >= 4 is 28.2 Å². The van der Waals surface area contributed by atoms with Gasteiger partial charge in [0.2, 0.25) is 0 Å². The third kappa shape index (κ3) is 8.99. The number of benzene rings is 8. The zero-order chi connectivity index (χ0) is 49.2. The van der Waals surface area contributed by atoms with Gasteiger partial charge in [-0.15, -0.1) is 0 Å². The van der Waals surface area contributed by atoms with Gasteiger partial charge in [-0.3, -0.25) is 0 Å². The van der Waals surface area contributed by atoms with Crippen LogP contribution >= 0.6 is 0 Å². The molecule has 0 amide bonds. The van der Waals surface area contributed by atoms with E-state index in [-0.39, 0.29) is 5.92 Å². The summed E-state index contributed by atoms with van der Waals surface area (Å²) in [6.45, 7) is 0. The predicted molar refractivity (Wildman–Crippen MR) is 312 cm³/mol. The standard InChI is InChI=1S/C72H58N2/c1-3-16-51(17-4-1)56-20-11-24-60(46-56)62-26-13-22-58(48-62)53-34-40-65(41-35-53)73(66-42-36-54(37-43-66)59-23-14-27-63(49-59)61-25-12-21-57(47-61)52-18-5-2-6-19-52)67-44-38-55(39-45-67)64-28-15-29-68(50-64)74-71-32-9-7-30-69(71)70-31-8-10-33-72(70)74/h1-9,11-22,24-28,30-32,34-50,59,68-69,71H,10,23,29,33H2. The maximum atomic E-state index is 2.74. The minimum Gasteiger partial charge on any atom is -0.360 e. The summed E-state index contributed by atoms with van der Waals surface area (Å²) in [5.41, 5.74) is 22.5. The first-order valence-electron chi connectivity index (χ1n) is 26.5. The van der Waals surface area contributed by atoms with Crippen molar-refractivity contribution in [2.75, 3.05) is 4.90 Å². The molecule has 4 unspecified atom stereocenters. The Morgan fingerprint density at radius 1 is 0.392 bits per heavy atom. The minimum atomic E-state index is 0.281. The van der Waals surface area contributed by atoms with Crippen LogP contribution < -0.4 is 4.90 Å². The zero-order valence-electron chi connectivity index (χ0n) is 41.6. The second-order valence-electron chi connectivity index (χ2n) is 20.2. The monoisotopic (exact) mass is 950 g/mol. The van der Waals surface area contributed by atoms with E-state index in [0.717, 1.165) is 42.7 Å². The molecule has 0 fully saturated rings. The van der Waals surface area contributed by atoms with Crippen molar-refractivity contribution in [1.29, 1.82) is 0 Å². The Morgan fingerprint density at radius 2 is 0.878 bits per heavy atom. The van der Waals surface area contributed by atoms with Gasteiger partial charge in [0.25, 0.3) is 0 Å². The van der Waals surface area contributed by atoms with Crippen LogP contribution in [0.15, 0.2) is 290 Å². The molecule has 5 aliphatic rings. The van der Waals surface area contributed by atoms with E-state index >= 15 is 0 Å². The van der Waals surface area contributed by atoms with E-state index in [0.29, 0.717) is 18.0 Å². The Hall–Kier alpha value is -8.72. The fourth-order valence-electron chi connectivity index (χ4n) is 12.0. The topological polar surface area (TPSA) is 6.48 Å². The lowest BCUT2D eigenvalue weighted by molar-refractivity contribution is 0.244. The van der Waals surface area contributed by atoms with Crippen LogP contribution in [0.4, 0.5) is 17.1 Å². The molecular formula is C72H58N2. The SMILES string of the molecule is C1=CC2C3=C(CCC=C3)N(C3C=C(c4ccc(N(c5ccc(-c6cccc(-c7cccc(-c8ccccc8)c7)c6)cc5)c5ccc(C6C=C(c7cccc(-c8ccccc8)c7)C=CC6)cc5)cc4)C=CC3)C2C=C1. The van der Waals surface area contributed by atoms with Gasteiger partial charge in [0.1, 0.15) is 0 Å². The summed E-state index contributed by atoms with van der Waals surface area (Å²) in [5.74, 6) is 0.718. The van der Waals surface area contributed by atoms with Crippen LogP contribution in [0.1, 0.15) is 48.3 Å². The van der Waals surface area contributed by atoms with E-state index in [4.69, 9.17) is 0 Å². The molecule has 0 saturated carbocycles. The van der Waals surface area contributed by atoms with Crippen molar-refractivity contribution < 1.29 is 0 Å². The van der Waals surface area contributed by atoms with Crippen LogP contribution in [-0.4, -0.2) is 17.0 Å². The number of rotatable bonds is 11. The van der Waals surface area contributed by atoms with E-state index in [1.165, 1.54) is 83.6 Å². The molecule has 0 spiro atoms. The first kappa shape index (κ1) is 45.2. The number of fused-ring (bicyclic) bond motifs is 2. The summed E-state index contributed by atoms with van der Waals surface area (Å²) in [6.07, 6.45) is 32.6. The smallest absolute Gasteiger partial charge is 0.0583 e. The quantitative estimate of drug-likeness (QED) is 0.127. The normalized spacial score (nSPS) is 19.5. The van der Waals surface area contributed by atoms with Gasteiger partial charge < -0.3 is 9.80 Å². The number of hydrogen-bond acceptors (Lipinski definition) is 2. The molecule has 356 valence electrons. The van der Waals surface area contributed by atoms with Gasteiger partial charge in [0, 0.05) is 34.6 Å². The lowest BCUT2D eigenvalue weighted by Gasteiger charge is -2.37. The van der Waals surface area contributed by atoms with Crippen LogP contribution in [0.2, 0.25) is 0 Å². The molecule has 13 rings (SSSR count). The predicted octanol–water partition coefficient (Wildman–Crippen LogP) is 18.7. The highest BCUT2D eigenvalue weighted by molar-refractivity contribution is 5.84. The summed E-state index contributed by atoms with van der Waals surface area (Å²) in [4.78, 5) is 5.14. The van der Waals surface area contributed by atoms with Crippen LogP contribution in [0, 0.1) is 5.92 Å². The van der Waals surface area contributed by atoms with Crippen LogP contribution in [0.3, 0.4) is 0 Å². The molecule has 4 atom stereocenters. The Labute approximate surface area is 437 Å². The largest absolute Gasteiger partial charge is 0.360 e. The second-order valence-corrected chi connectivity index (χ2v) is 20.2. The van der Waals surface area contributed by atoms with Gasteiger partial charge in [-0.25, -0.2) is 0 Å². The number of allylic oxidation sites excluding steroid dienone is 11. The van der Waals surface area contributed by atoms with E-state index in [1.54, 1.807) is 0 Å². The van der Waals surface area contributed by atoms with Crippen molar-refractivity contribution in [3.8, 4) is 44.5 Å². The van der Waals surface area contributed by atoms with E-state index in [9.17, 15) is 0 Å². The zero-order valence-corrected chi connectivity index (χ0v) is 41.6. The summed E-state index contributed by atoms with van der Waals surface area (Å²) in [5, 5.41) is 0. The van der Waals surface area contributed by atoms with Crippen molar-refractivity contribution in [2.24, 2.45) is 5.92 Å². The van der Waals surface area contributed by atoms with Crippen LogP contribution in [-0.2, 0) is 0 Å². The van der Waals surface area contributed by atoms with Gasteiger partial charge in [0.15, 0.2) is 0 Å². The van der Waals surface area contributed by atoms with Crippen LogP contribution in [0.25, 0.3) is 55.7 Å². The second kappa shape index (κ2) is 20.1. The van der Waals surface area contributed by atoms with Crippen molar-refractivity contribution in [3.05, 3.63) is 307 Å². The Balaban J connectivity index is 0.810. The molecule has 1 heterocycles. The Kier molecular flexibility index (Phi) is 12.2. The Morgan fingerprint density at radius 3 is 1.50 bits per heavy atom. The third-order valence-electron chi connectivity index (χ3n) is 15.7. The maximum absolute atomic E-state index is 2.74. The number of hydrogen-bond donors (Lipinski definition) is 0. The molecule has 0 bridgehead atoms. The summed E-state index contributed by atoms with van der Waals surface area (Å²) >= 11 is 0. The molecule has 0 aromatic heterocycles. The van der Waals surface area contributed by atoms with Crippen LogP contribution in [0.5, 0.6) is 0 Å². The summed E-state index contributed by atoms with van der Waals surface area (Å²) < 4.78 is 0. The van der Waals surface area contributed by atoms with Crippen molar-refractivity contribution in [3.63, 3.8) is 0 Å². The lowest BCUT2D eigenvalue weighted by atomic mass is 9.87. The third-order valence-corrected chi connectivity index (χ3v) is 15.7. The van der Waals surface area contributed by atoms with Gasteiger partial charge >= 0.3 is 0 Å². The molecule has 0 saturated heterocycles. The first-order chi connectivity index (χ1) is 36.7. The molecule has 8 aromatic rings. The molecule has 0 N–H and O–H groups in total. The minimum absolute atomic E-state index is 0.281. The van der Waals surface area contributed by atoms with Gasteiger partial charge in [0.05, 0.1) is 12.1 Å². The fraction of sp³-hybridized carbons (Fsp3) is 0.111. The highest BCUT2D eigenvalue weighted by Gasteiger charge is 2.41. The summed E-state index contributed by atoms with van der Waals surface area (Å²) in [7, 11) is 0. The van der Waals surface area contributed by atoms with Gasteiger partial charge in [-0.05, 0) is 158 Å². The lowest BCUT2D eigenvalue weighted by Crippen LogP contribution is -2.40. The molecule has 74 heavy (non-hydrogen) atoms. The molecule has 0 radical (unpaired) electrons. The van der Waals surface area contributed by atoms with E-state index in [2.05, 4.69) is 289 Å². The summed E-state index contributed by atoms with van der Waals surface area (Å²) in [6, 6.07) is 76.4. The maximum Gasteiger partial charge on any atom is 0.0583 e. The van der Waals surface area contributed by atoms with Gasteiger partial charge in [-0.1, -0.05) is 225 Å². The average Bonchev–Trinajstić information content (AvgIpc) is 3.83. The molecular weight excluding hydrogens is 893 g/mol. The van der Waals surface area contributed by atoms with Crippen molar-refractivity contribution in [1.82, 2.24) is 4.90 Å². The molecule has 8 aromatic carbocycles. The average molecular weight is 951 g/mol. The van der Waals surface area contributed by atoms with E-state index < -0.39 is 0 Å². The first-order valence-corrected chi connectivity index (χ1v) is 26.5. The molecule has 1 aliphatic heterocycles.